The van der Waals surface area contributed by atoms with Crippen LogP contribution in [0.4, 0.5) is 0 Å². The van der Waals surface area contributed by atoms with Gasteiger partial charge in [0.05, 0.1) is 10.6 Å². The number of fused-ring (bicyclic) bond motifs is 3. The Bertz CT molecular complexity index is 943. The molecular weight excluding hydrogens is 390 g/mol. The fourth-order valence-corrected chi connectivity index (χ4v) is 6.83. The van der Waals surface area contributed by atoms with Gasteiger partial charge in [-0.25, -0.2) is 4.98 Å². The summed E-state index contributed by atoms with van der Waals surface area (Å²) in [6.45, 7) is 8.49. The molecule has 2 atom stereocenters. The van der Waals surface area contributed by atoms with Crippen LogP contribution < -0.4 is 5.56 Å². The number of carbonyl (C=O) groups is 1. The standard InChI is InChI=1S/C21H29N3O2S2/c1-4-24-20(26)17-15-9-8-13(2)12-16(15)28-18(17)22-21(24)27-14(3)19(25)23-10-6-5-7-11-23/h13-14H,4-12H2,1-3H3. The van der Waals surface area contributed by atoms with E-state index in [1.165, 1.54) is 28.6 Å². The lowest BCUT2D eigenvalue weighted by molar-refractivity contribution is -0.131. The second kappa shape index (κ2) is 8.19. The Hall–Kier alpha value is -1.34. The van der Waals surface area contributed by atoms with E-state index >= 15 is 0 Å². The lowest BCUT2D eigenvalue weighted by Gasteiger charge is -2.29. The first-order valence-electron chi connectivity index (χ1n) is 10.5. The summed E-state index contributed by atoms with van der Waals surface area (Å²) in [4.78, 5) is 35.1. The van der Waals surface area contributed by atoms with Crippen molar-refractivity contribution in [3.8, 4) is 0 Å². The SMILES string of the molecule is CCn1c(SC(C)C(=O)N2CCCCC2)nc2sc3c(c2c1=O)CCC(C)C3. The van der Waals surface area contributed by atoms with E-state index < -0.39 is 0 Å². The monoisotopic (exact) mass is 419 g/mol. The summed E-state index contributed by atoms with van der Waals surface area (Å²) in [7, 11) is 0. The number of carbonyl (C=O) groups excluding carboxylic acids is 1. The van der Waals surface area contributed by atoms with Gasteiger partial charge < -0.3 is 4.90 Å². The predicted molar refractivity (Wildman–Crippen MR) is 116 cm³/mol. The Morgan fingerprint density at radius 1 is 1.32 bits per heavy atom. The molecule has 5 nitrogen and oxygen atoms in total. The summed E-state index contributed by atoms with van der Waals surface area (Å²) in [5.41, 5.74) is 1.30. The Kier molecular flexibility index (Phi) is 5.83. The fourth-order valence-electron chi connectivity index (χ4n) is 4.35. The van der Waals surface area contributed by atoms with Crippen molar-refractivity contribution < 1.29 is 4.79 Å². The molecule has 4 rings (SSSR count). The third-order valence-electron chi connectivity index (χ3n) is 5.99. The van der Waals surface area contributed by atoms with Gasteiger partial charge in [-0.05, 0) is 63.9 Å². The maximum absolute atomic E-state index is 13.3. The molecule has 2 aliphatic rings. The molecule has 0 spiro atoms. The number of hydrogen-bond donors (Lipinski definition) is 0. The zero-order chi connectivity index (χ0) is 19.8. The van der Waals surface area contributed by atoms with Crippen LogP contribution in [0.2, 0.25) is 0 Å². The van der Waals surface area contributed by atoms with Gasteiger partial charge in [0.1, 0.15) is 4.83 Å². The summed E-state index contributed by atoms with van der Waals surface area (Å²) in [6.07, 6.45) is 6.56. The highest BCUT2D eigenvalue weighted by Crippen LogP contribution is 2.37. The van der Waals surface area contributed by atoms with Gasteiger partial charge in [-0.2, -0.15) is 0 Å². The minimum atomic E-state index is -0.227. The van der Waals surface area contributed by atoms with Crippen molar-refractivity contribution in [1.82, 2.24) is 14.5 Å². The molecule has 0 N–H and O–H groups in total. The molecule has 28 heavy (non-hydrogen) atoms. The summed E-state index contributed by atoms with van der Waals surface area (Å²) in [5.74, 6) is 0.839. The molecule has 1 fully saturated rings. The van der Waals surface area contributed by atoms with Gasteiger partial charge in [0.15, 0.2) is 5.16 Å². The normalized spacial score (nSPS) is 21.0. The Labute approximate surface area is 174 Å². The molecule has 0 saturated carbocycles. The molecule has 1 aliphatic carbocycles. The molecule has 1 aliphatic heterocycles. The van der Waals surface area contributed by atoms with E-state index in [0.29, 0.717) is 17.6 Å². The summed E-state index contributed by atoms with van der Waals surface area (Å²) < 4.78 is 1.76. The highest BCUT2D eigenvalue weighted by molar-refractivity contribution is 8.00. The molecule has 3 heterocycles. The van der Waals surface area contributed by atoms with E-state index in [1.807, 2.05) is 18.7 Å². The molecule has 0 bridgehead atoms. The van der Waals surface area contributed by atoms with Crippen molar-refractivity contribution in [2.24, 2.45) is 5.92 Å². The number of thiophene rings is 1. The summed E-state index contributed by atoms with van der Waals surface area (Å²) in [5, 5.41) is 1.28. The Balaban J connectivity index is 1.67. The number of thioether (sulfide) groups is 1. The van der Waals surface area contributed by atoms with Crippen molar-refractivity contribution in [3.05, 3.63) is 20.8 Å². The van der Waals surface area contributed by atoms with Crippen LogP contribution in [0.3, 0.4) is 0 Å². The topological polar surface area (TPSA) is 55.2 Å². The first kappa shape index (κ1) is 20.0. The number of aryl methyl sites for hydroxylation is 1. The fraction of sp³-hybridized carbons (Fsp3) is 0.667. The lowest BCUT2D eigenvalue weighted by atomic mass is 9.89. The van der Waals surface area contributed by atoms with Crippen molar-refractivity contribution in [2.45, 2.75) is 76.2 Å². The Morgan fingerprint density at radius 3 is 2.79 bits per heavy atom. The largest absolute Gasteiger partial charge is 0.342 e. The molecule has 2 aromatic rings. The van der Waals surface area contributed by atoms with Crippen LogP contribution in [0.15, 0.2) is 9.95 Å². The molecule has 0 radical (unpaired) electrons. The molecule has 1 saturated heterocycles. The highest BCUT2D eigenvalue weighted by Gasteiger charge is 2.27. The van der Waals surface area contributed by atoms with Crippen molar-refractivity contribution >= 4 is 39.2 Å². The smallest absolute Gasteiger partial charge is 0.263 e. The van der Waals surface area contributed by atoms with Crippen LogP contribution >= 0.6 is 23.1 Å². The van der Waals surface area contributed by atoms with E-state index in [0.717, 1.165) is 55.4 Å². The Morgan fingerprint density at radius 2 is 2.07 bits per heavy atom. The van der Waals surface area contributed by atoms with Gasteiger partial charge >= 0.3 is 0 Å². The second-order valence-corrected chi connectivity index (χ2v) is 10.5. The average Bonchev–Trinajstić information content (AvgIpc) is 3.05. The van der Waals surface area contributed by atoms with Gasteiger partial charge in [0.2, 0.25) is 5.91 Å². The van der Waals surface area contributed by atoms with Crippen molar-refractivity contribution in [3.63, 3.8) is 0 Å². The van der Waals surface area contributed by atoms with Crippen LogP contribution in [-0.2, 0) is 24.2 Å². The van der Waals surface area contributed by atoms with Crippen LogP contribution in [0.5, 0.6) is 0 Å². The highest BCUT2D eigenvalue weighted by atomic mass is 32.2. The first-order chi connectivity index (χ1) is 13.5. The average molecular weight is 420 g/mol. The molecule has 152 valence electrons. The number of nitrogens with zero attached hydrogens (tertiary/aromatic N) is 3. The number of hydrogen-bond acceptors (Lipinski definition) is 5. The van der Waals surface area contributed by atoms with E-state index in [-0.39, 0.29) is 16.7 Å². The zero-order valence-electron chi connectivity index (χ0n) is 17.0. The maximum atomic E-state index is 13.3. The van der Waals surface area contributed by atoms with Crippen LogP contribution in [-0.4, -0.2) is 38.7 Å². The molecule has 0 aromatic carbocycles. The predicted octanol–water partition coefficient (Wildman–Crippen LogP) is 4.10. The number of rotatable bonds is 4. The van der Waals surface area contributed by atoms with E-state index in [9.17, 15) is 9.59 Å². The zero-order valence-corrected chi connectivity index (χ0v) is 18.6. The van der Waals surface area contributed by atoms with Gasteiger partial charge in [-0.15, -0.1) is 11.3 Å². The van der Waals surface area contributed by atoms with E-state index in [2.05, 4.69) is 6.92 Å². The molecule has 7 heteroatoms. The minimum absolute atomic E-state index is 0.0691. The van der Waals surface area contributed by atoms with Gasteiger partial charge in [0, 0.05) is 24.5 Å². The van der Waals surface area contributed by atoms with Crippen molar-refractivity contribution in [2.75, 3.05) is 13.1 Å². The lowest BCUT2D eigenvalue weighted by Crippen LogP contribution is -2.40. The third-order valence-corrected chi connectivity index (χ3v) is 8.22. The molecule has 2 unspecified atom stereocenters. The molecule has 1 amide bonds. The minimum Gasteiger partial charge on any atom is -0.342 e. The molecular formula is C21H29N3O2S2. The second-order valence-electron chi connectivity index (χ2n) is 8.12. The maximum Gasteiger partial charge on any atom is 0.263 e. The van der Waals surface area contributed by atoms with E-state index in [4.69, 9.17) is 4.98 Å². The van der Waals surface area contributed by atoms with Crippen LogP contribution in [0.1, 0.15) is 56.9 Å². The summed E-state index contributed by atoms with van der Waals surface area (Å²) in [6, 6.07) is 0. The number of aromatic nitrogens is 2. The van der Waals surface area contributed by atoms with Gasteiger partial charge in [0.25, 0.3) is 5.56 Å². The third kappa shape index (κ3) is 3.63. The number of piperidine rings is 1. The van der Waals surface area contributed by atoms with Gasteiger partial charge in [-0.1, -0.05) is 18.7 Å². The summed E-state index contributed by atoms with van der Waals surface area (Å²) >= 11 is 3.12. The number of amides is 1. The van der Waals surface area contributed by atoms with Crippen molar-refractivity contribution in [1.29, 1.82) is 0 Å². The molecule has 2 aromatic heterocycles. The quantitative estimate of drug-likeness (QED) is 0.553. The van der Waals surface area contributed by atoms with Gasteiger partial charge in [-0.3, -0.25) is 14.2 Å². The van der Waals surface area contributed by atoms with Crippen LogP contribution in [0.25, 0.3) is 10.2 Å². The number of likely N-dealkylation sites (tertiary alicyclic amines) is 1. The van der Waals surface area contributed by atoms with Crippen LogP contribution in [0, 0.1) is 5.92 Å². The first-order valence-corrected chi connectivity index (χ1v) is 12.2. The van der Waals surface area contributed by atoms with E-state index in [1.54, 1.807) is 15.9 Å².